The molecule has 6 nitrogen and oxygen atoms in total. The normalized spacial score (nSPS) is 15.6. The number of rotatable bonds is 4. The summed E-state index contributed by atoms with van der Waals surface area (Å²) in [6, 6.07) is 8.53. The van der Waals surface area contributed by atoms with Crippen molar-refractivity contribution in [3.05, 3.63) is 77.7 Å². The lowest BCUT2D eigenvalue weighted by atomic mass is 9.89. The quantitative estimate of drug-likeness (QED) is 0.781. The van der Waals surface area contributed by atoms with Crippen molar-refractivity contribution in [2.24, 2.45) is 5.92 Å². The fraction of sp³-hybridized carbons (Fsp3) is 0.360. The maximum atomic E-state index is 13.1. The van der Waals surface area contributed by atoms with Gasteiger partial charge in [0.2, 0.25) is 0 Å². The second-order valence-electron chi connectivity index (χ2n) is 7.23. The zero-order chi connectivity index (χ0) is 23.3. The van der Waals surface area contributed by atoms with Crippen molar-refractivity contribution in [1.29, 1.82) is 5.26 Å². The van der Waals surface area contributed by atoms with Crippen LogP contribution in [0.3, 0.4) is 0 Å². The van der Waals surface area contributed by atoms with Crippen molar-refractivity contribution in [3.8, 4) is 6.57 Å². The van der Waals surface area contributed by atoms with Crippen LogP contribution in [0.25, 0.3) is 5.70 Å². The highest BCUT2D eigenvalue weighted by Crippen LogP contribution is 2.25. The molecule has 168 valence electrons. The molecule has 32 heavy (non-hydrogen) atoms. The molecule has 2 aromatic rings. The number of hydrogen-bond acceptors (Lipinski definition) is 5. The first-order valence-corrected chi connectivity index (χ1v) is 10.9. The van der Waals surface area contributed by atoms with E-state index >= 15 is 0 Å². The number of aromatic nitrogens is 2. The van der Waals surface area contributed by atoms with Gasteiger partial charge in [-0.3, -0.25) is 4.79 Å². The lowest BCUT2D eigenvalue weighted by Crippen LogP contribution is -2.40. The summed E-state index contributed by atoms with van der Waals surface area (Å²) < 4.78 is 13.1. The van der Waals surface area contributed by atoms with Crippen LogP contribution in [0.15, 0.2) is 60.6 Å². The average Bonchev–Trinajstić information content (AvgIpc) is 2.88. The van der Waals surface area contributed by atoms with Crippen LogP contribution in [0.1, 0.15) is 37.9 Å². The highest BCUT2D eigenvalue weighted by Gasteiger charge is 2.27. The summed E-state index contributed by atoms with van der Waals surface area (Å²) >= 11 is 0. The van der Waals surface area contributed by atoms with Crippen molar-refractivity contribution in [2.75, 3.05) is 19.6 Å². The summed E-state index contributed by atoms with van der Waals surface area (Å²) in [5, 5.41) is 9.78. The van der Waals surface area contributed by atoms with E-state index in [2.05, 4.69) is 21.9 Å². The SMILES string of the molecule is C#N.CC.O=C(C1=C(c2ccncn2)NCC=C1)N1CCC(Cc2ccc(F)cc2)CC1. The molecule has 0 aliphatic carbocycles. The van der Waals surface area contributed by atoms with Crippen LogP contribution in [0.5, 0.6) is 0 Å². The van der Waals surface area contributed by atoms with Gasteiger partial charge >= 0.3 is 0 Å². The lowest BCUT2D eigenvalue weighted by molar-refractivity contribution is -0.128. The molecule has 1 N–H and O–H groups in total. The molecule has 0 saturated carbocycles. The van der Waals surface area contributed by atoms with Crippen molar-refractivity contribution in [2.45, 2.75) is 33.1 Å². The summed E-state index contributed by atoms with van der Waals surface area (Å²) in [6.45, 7) is 9.65. The number of halogens is 1. The molecule has 1 amide bonds. The van der Waals surface area contributed by atoms with Crippen LogP contribution >= 0.6 is 0 Å². The fourth-order valence-corrected chi connectivity index (χ4v) is 3.83. The minimum atomic E-state index is -0.203. The summed E-state index contributed by atoms with van der Waals surface area (Å²) in [5.74, 6) is 0.355. The summed E-state index contributed by atoms with van der Waals surface area (Å²) in [4.78, 5) is 23.3. The van der Waals surface area contributed by atoms with Crippen LogP contribution in [0, 0.1) is 23.6 Å². The Hall–Kier alpha value is -3.53. The van der Waals surface area contributed by atoms with Gasteiger partial charge in [-0.25, -0.2) is 19.6 Å². The Morgan fingerprint density at radius 3 is 2.50 bits per heavy atom. The smallest absolute Gasteiger partial charge is 0.256 e. The number of hydrogen-bond donors (Lipinski definition) is 1. The maximum absolute atomic E-state index is 13.1. The summed E-state index contributed by atoms with van der Waals surface area (Å²) in [7, 11) is 0. The number of nitrogens with one attached hydrogen (secondary N) is 1. The second-order valence-corrected chi connectivity index (χ2v) is 7.23. The molecule has 7 heteroatoms. The summed E-state index contributed by atoms with van der Waals surface area (Å²) in [6.07, 6.45) is 9.86. The second kappa shape index (κ2) is 13.0. The molecule has 2 aliphatic rings. The Morgan fingerprint density at radius 1 is 1.19 bits per heavy atom. The van der Waals surface area contributed by atoms with Crippen molar-refractivity contribution >= 4 is 11.6 Å². The molecule has 1 aromatic heterocycles. The number of nitriles is 1. The Bertz CT molecular complexity index is 930. The first-order valence-electron chi connectivity index (χ1n) is 10.9. The van der Waals surface area contributed by atoms with Gasteiger partial charge in [0.05, 0.1) is 17.0 Å². The molecule has 0 unspecified atom stereocenters. The zero-order valence-electron chi connectivity index (χ0n) is 18.7. The molecular weight excluding hydrogens is 405 g/mol. The molecular formula is C25H30FN5O. The minimum absolute atomic E-state index is 0.0392. The predicted octanol–water partition coefficient (Wildman–Crippen LogP) is 4.13. The Kier molecular flexibility index (Phi) is 10.1. The van der Waals surface area contributed by atoms with E-state index in [9.17, 15) is 9.18 Å². The molecule has 0 bridgehead atoms. The van der Waals surface area contributed by atoms with E-state index in [1.807, 2.05) is 49.1 Å². The monoisotopic (exact) mass is 435 g/mol. The first-order chi connectivity index (χ1) is 15.7. The Balaban J connectivity index is 0.000000860. The molecule has 3 heterocycles. The standard InChI is InChI=1S/C22H23FN4O.C2H6.CHN/c23-18-5-3-16(4-6-18)14-17-8-12-27(13-9-17)22(28)19-2-1-10-25-21(19)20-7-11-24-15-26-20;2*1-2/h1-7,11,15,17,25H,8-10,12-14H2;1-2H3;1H. The van der Waals surface area contributed by atoms with Gasteiger partial charge in [-0.2, -0.15) is 0 Å². The van der Waals surface area contributed by atoms with Crippen LogP contribution in [-0.2, 0) is 11.2 Å². The number of amides is 1. The molecule has 0 atom stereocenters. The third-order valence-electron chi connectivity index (χ3n) is 5.36. The first kappa shape index (κ1) is 24.7. The number of carbonyl (C=O) groups is 1. The van der Waals surface area contributed by atoms with Crippen molar-refractivity contribution in [1.82, 2.24) is 20.2 Å². The molecule has 0 radical (unpaired) electrons. The van der Waals surface area contributed by atoms with Gasteiger partial charge in [-0.1, -0.05) is 32.1 Å². The molecule has 2 aliphatic heterocycles. The van der Waals surface area contributed by atoms with Crippen molar-refractivity contribution in [3.63, 3.8) is 0 Å². The summed E-state index contributed by atoms with van der Waals surface area (Å²) in [5.41, 5.74) is 3.30. The zero-order valence-corrected chi connectivity index (χ0v) is 18.7. The van der Waals surface area contributed by atoms with Gasteiger partial charge in [-0.05, 0) is 55.0 Å². The number of dihydropyridines is 1. The van der Waals surface area contributed by atoms with Gasteiger partial charge < -0.3 is 10.2 Å². The van der Waals surface area contributed by atoms with Crippen LogP contribution in [0.2, 0.25) is 0 Å². The van der Waals surface area contributed by atoms with Crippen LogP contribution in [-0.4, -0.2) is 40.4 Å². The molecule has 1 aromatic carbocycles. The maximum Gasteiger partial charge on any atom is 0.256 e. The highest BCUT2D eigenvalue weighted by atomic mass is 19.1. The number of likely N-dealkylation sites (tertiary alicyclic amines) is 1. The van der Waals surface area contributed by atoms with Gasteiger partial charge in [0.25, 0.3) is 5.91 Å². The predicted molar refractivity (Wildman–Crippen MR) is 124 cm³/mol. The van der Waals surface area contributed by atoms with Gasteiger partial charge in [-0.15, -0.1) is 0 Å². The highest BCUT2D eigenvalue weighted by molar-refractivity contribution is 6.03. The number of carbonyl (C=O) groups excluding carboxylic acids is 1. The van der Waals surface area contributed by atoms with E-state index in [-0.39, 0.29) is 11.7 Å². The van der Waals surface area contributed by atoms with E-state index in [1.165, 1.54) is 18.5 Å². The lowest BCUT2D eigenvalue weighted by Gasteiger charge is -2.33. The number of piperidine rings is 1. The van der Waals surface area contributed by atoms with Crippen molar-refractivity contribution < 1.29 is 9.18 Å². The Morgan fingerprint density at radius 2 is 1.88 bits per heavy atom. The molecule has 0 spiro atoms. The fourth-order valence-electron chi connectivity index (χ4n) is 3.83. The largest absolute Gasteiger partial charge is 0.379 e. The van der Waals surface area contributed by atoms with E-state index in [0.29, 0.717) is 18.0 Å². The molecule has 1 saturated heterocycles. The number of benzene rings is 1. The van der Waals surface area contributed by atoms with E-state index in [0.717, 1.165) is 49.3 Å². The Labute approximate surface area is 189 Å². The number of nitrogens with zero attached hydrogens (tertiary/aromatic N) is 4. The van der Waals surface area contributed by atoms with E-state index in [1.54, 1.807) is 6.20 Å². The van der Waals surface area contributed by atoms with Gasteiger partial charge in [0.15, 0.2) is 0 Å². The topological polar surface area (TPSA) is 81.9 Å². The third kappa shape index (κ3) is 6.48. The van der Waals surface area contributed by atoms with Crippen LogP contribution in [0.4, 0.5) is 4.39 Å². The van der Waals surface area contributed by atoms with E-state index in [4.69, 9.17) is 5.26 Å². The van der Waals surface area contributed by atoms with Gasteiger partial charge in [0.1, 0.15) is 12.1 Å². The van der Waals surface area contributed by atoms with E-state index < -0.39 is 0 Å². The molecule has 1 fully saturated rings. The van der Waals surface area contributed by atoms with Crippen LogP contribution < -0.4 is 5.32 Å². The average molecular weight is 436 g/mol. The van der Waals surface area contributed by atoms with Gasteiger partial charge in [0, 0.05) is 32.4 Å². The third-order valence-corrected chi connectivity index (χ3v) is 5.36. The minimum Gasteiger partial charge on any atom is -0.379 e. The molecule has 4 rings (SSSR count).